The van der Waals surface area contributed by atoms with E-state index < -0.39 is 0 Å². The van der Waals surface area contributed by atoms with Gasteiger partial charge in [0.2, 0.25) is 0 Å². The van der Waals surface area contributed by atoms with E-state index in [0.29, 0.717) is 23.9 Å². The summed E-state index contributed by atoms with van der Waals surface area (Å²) in [7, 11) is 0. The molecule has 0 saturated heterocycles. The number of aromatic amines is 1. The number of aromatic nitrogens is 2. The first kappa shape index (κ1) is 15.8. The van der Waals surface area contributed by atoms with Crippen molar-refractivity contribution < 1.29 is 4.79 Å². The van der Waals surface area contributed by atoms with E-state index in [0.717, 1.165) is 16.7 Å². The lowest BCUT2D eigenvalue weighted by molar-refractivity contribution is 0.102. The number of nitrogens with one attached hydrogen (secondary N) is 2. The van der Waals surface area contributed by atoms with Gasteiger partial charge in [-0.15, -0.1) is 0 Å². The highest BCUT2D eigenvalue weighted by Crippen LogP contribution is 2.38. The molecule has 25 heavy (non-hydrogen) atoms. The molecule has 5 heteroatoms. The fraction of sp³-hybridized carbons (Fsp3) is 0.300. The van der Waals surface area contributed by atoms with Crippen LogP contribution < -0.4 is 11.1 Å². The molecule has 1 unspecified atom stereocenters. The van der Waals surface area contributed by atoms with Crippen LogP contribution in [0.4, 0.5) is 5.69 Å². The Balaban J connectivity index is 1.51. The Bertz CT molecular complexity index is 880. The second-order valence-corrected chi connectivity index (χ2v) is 6.71. The van der Waals surface area contributed by atoms with Crippen LogP contribution in [0.5, 0.6) is 0 Å². The molecule has 1 amide bonds. The van der Waals surface area contributed by atoms with E-state index in [4.69, 9.17) is 5.73 Å². The molecule has 128 valence electrons. The van der Waals surface area contributed by atoms with E-state index in [9.17, 15) is 4.79 Å². The molecule has 0 radical (unpaired) electrons. The number of hydrogen-bond donors (Lipinski definition) is 3. The molecule has 0 spiro atoms. The fourth-order valence-electron chi connectivity index (χ4n) is 3.59. The smallest absolute Gasteiger partial charge is 0.255 e. The van der Waals surface area contributed by atoms with Gasteiger partial charge in [-0.25, -0.2) is 4.98 Å². The second kappa shape index (κ2) is 6.69. The minimum absolute atomic E-state index is 0.117. The lowest BCUT2D eigenvalue weighted by Crippen LogP contribution is -2.26. The van der Waals surface area contributed by atoms with Gasteiger partial charge in [-0.05, 0) is 61.1 Å². The van der Waals surface area contributed by atoms with Gasteiger partial charge in [0.25, 0.3) is 5.91 Å². The van der Waals surface area contributed by atoms with E-state index >= 15 is 0 Å². The van der Waals surface area contributed by atoms with Gasteiger partial charge in [-0.2, -0.15) is 0 Å². The van der Waals surface area contributed by atoms with Gasteiger partial charge >= 0.3 is 0 Å². The largest absolute Gasteiger partial charge is 0.346 e. The summed E-state index contributed by atoms with van der Waals surface area (Å²) in [6, 6.07) is 11.6. The zero-order valence-corrected chi connectivity index (χ0v) is 14.0. The molecule has 2 heterocycles. The Morgan fingerprint density at radius 3 is 2.72 bits per heavy atom. The summed E-state index contributed by atoms with van der Waals surface area (Å²) in [4.78, 5) is 19.8. The molecule has 1 saturated carbocycles. The van der Waals surface area contributed by atoms with E-state index in [1.54, 1.807) is 6.20 Å². The fourth-order valence-corrected chi connectivity index (χ4v) is 3.59. The number of benzene rings is 1. The van der Waals surface area contributed by atoms with Crippen molar-refractivity contribution in [3.8, 4) is 0 Å². The number of nitrogens with zero attached hydrogens (tertiary/aromatic N) is 1. The number of H-pyrrole nitrogens is 1. The molecular weight excluding hydrogens is 312 g/mol. The number of rotatable bonds is 5. The highest BCUT2D eigenvalue weighted by Gasteiger charge is 2.27. The standard InChI is InChI=1S/C20H22N4O/c21-12-17(13-2-1-3-13)14-4-6-15(7-5-14)20(25)24-18-9-11-23-19-16(18)8-10-22-19/h4-11,13,17H,1-3,12,21H2,(H2,22,23,24,25). The lowest BCUT2D eigenvalue weighted by atomic mass is 9.73. The van der Waals surface area contributed by atoms with Crippen molar-refractivity contribution in [1.82, 2.24) is 9.97 Å². The van der Waals surface area contributed by atoms with Gasteiger partial charge < -0.3 is 16.0 Å². The molecule has 1 atom stereocenters. The van der Waals surface area contributed by atoms with Crippen LogP contribution in [0.1, 0.15) is 41.1 Å². The highest BCUT2D eigenvalue weighted by molar-refractivity contribution is 6.08. The summed E-state index contributed by atoms with van der Waals surface area (Å²) < 4.78 is 0. The SMILES string of the molecule is NCC(c1ccc(C(=O)Nc2ccnc3[nH]ccc23)cc1)C1CCC1. The number of pyridine rings is 1. The summed E-state index contributed by atoms with van der Waals surface area (Å²) in [5, 5.41) is 3.87. The maximum Gasteiger partial charge on any atom is 0.255 e. The predicted molar refractivity (Wildman–Crippen MR) is 99.6 cm³/mol. The lowest BCUT2D eigenvalue weighted by Gasteiger charge is -2.33. The minimum atomic E-state index is -0.117. The monoisotopic (exact) mass is 334 g/mol. The van der Waals surface area contributed by atoms with Crippen molar-refractivity contribution in [2.24, 2.45) is 11.7 Å². The maximum absolute atomic E-state index is 12.6. The van der Waals surface area contributed by atoms with Crippen molar-refractivity contribution in [2.75, 3.05) is 11.9 Å². The van der Waals surface area contributed by atoms with E-state index in [1.807, 2.05) is 42.6 Å². The van der Waals surface area contributed by atoms with Crippen molar-refractivity contribution in [1.29, 1.82) is 0 Å². The first-order chi connectivity index (χ1) is 12.3. The van der Waals surface area contributed by atoms with Gasteiger partial charge in [0.05, 0.1) is 5.69 Å². The average Bonchev–Trinajstić information content (AvgIpc) is 3.08. The molecule has 4 rings (SSSR count). The molecule has 0 bridgehead atoms. The van der Waals surface area contributed by atoms with Gasteiger partial charge in [-0.1, -0.05) is 18.6 Å². The van der Waals surface area contributed by atoms with Crippen LogP contribution in [-0.4, -0.2) is 22.4 Å². The van der Waals surface area contributed by atoms with Gasteiger partial charge in [0.15, 0.2) is 0 Å². The van der Waals surface area contributed by atoms with Gasteiger partial charge in [0.1, 0.15) is 5.65 Å². The summed E-state index contributed by atoms with van der Waals surface area (Å²) in [5.41, 5.74) is 9.38. The third-order valence-electron chi connectivity index (χ3n) is 5.28. The number of anilines is 1. The zero-order chi connectivity index (χ0) is 17.2. The van der Waals surface area contributed by atoms with Crippen molar-refractivity contribution >= 4 is 22.6 Å². The first-order valence-electron chi connectivity index (χ1n) is 8.79. The van der Waals surface area contributed by atoms with Crippen LogP contribution in [0.2, 0.25) is 0 Å². The summed E-state index contributed by atoms with van der Waals surface area (Å²) in [6.45, 7) is 0.665. The number of hydrogen-bond acceptors (Lipinski definition) is 3. The number of carbonyl (C=O) groups excluding carboxylic acids is 1. The Kier molecular flexibility index (Phi) is 4.24. The number of amides is 1. The summed E-state index contributed by atoms with van der Waals surface area (Å²) in [5.74, 6) is 0.988. The molecular formula is C20H22N4O. The molecule has 0 aliphatic heterocycles. The highest BCUT2D eigenvalue weighted by atomic mass is 16.1. The third-order valence-corrected chi connectivity index (χ3v) is 5.28. The minimum Gasteiger partial charge on any atom is -0.346 e. The second-order valence-electron chi connectivity index (χ2n) is 6.71. The molecule has 1 aliphatic rings. The maximum atomic E-state index is 12.6. The molecule has 1 fully saturated rings. The number of carbonyl (C=O) groups is 1. The van der Waals surface area contributed by atoms with Crippen LogP contribution in [0, 0.1) is 5.92 Å². The molecule has 1 aromatic carbocycles. The molecule has 2 aromatic heterocycles. The topological polar surface area (TPSA) is 83.8 Å². The van der Waals surface area contributed by atoms with Crippen molar-refractivity contribution in [3.05, 3.63) is 59.9 Å². The third kappa shape index (κ3) is 3.03. The quantitative estimate of drug-likeness (QED) is 0.666. The van der Waals surface area contributed by atoms with E-state index in [2.05, 4.69) is 15.3 Å². The number of fused-ring (bicyclic) bond motifs is 1. The molecule has 3 aromatic rings. The van der Waals surface area contributed by atoms with Gasteiger partial charge in [0, 0.05) is 23.3 Å². The Hall–Kier alpha value is -2.66. The van der Waals surface area contributed by atoms with Crippen molar-refractivity contribution in [3.63, 3.8) is 0 Å². The van der Waals surface area contributed by atoms with Crippen LogP contribution in [0.15, 0.2) is 48.8 Å². The average molecular weight is 334 g/mol. The molecule has 5 nitrogen and oxygen atoms in total. The van der Waals surface area contributed by atoms with Gasteiger partial charge in [-0.3, -0.25) is 4.79 Å². The van der Waals surface area contributed by atoms with Crippen LogP contribution >= 0.6 is 0 Å². The normalized spacial score (nSPS) is 15.7. The van der Waals surface area contributed by atoms with Crippen LogP contribution in [-0.2, 0) is 0 Å². The summed E-state index contributed by atoms with van der Waals surface area (Å²) in [6.07, 6.45) is 7.33. The Morgan fingerprint density at radius 1 is 1.24 bits per heavy atom. The first-order valence-corrected chi connectivity index (χ1v) is 8.79. The van der Waals surface area contributed by atoms with E-state index in [-0.39, 0.29) is 5.91 Å². The summed E-state index contributed by atoms with van der Waals surface area (Å²) >= 11 is 0. The van der Waals surface area contributed by atoms with Crippen molar-refractivity contribution in [2.45, 2.75) is 25.2 Å². The number of nitrogens with two attached hydrogens (primary N) is 1. The molecule has 1 aliphatic carbocycles. The molecule has 4 N–H and O–H groups in total. The van der Waals surface area contributed by atoms with Crippen LogP contribution in [0.25, 0.3) is 11.0 Å². The Labute approximate surface area is 146 Å². The Morgan fingerprint density at radius 2 is 2.04 bits per heavy atom. The zero-order valence-electron chi connectivity index (χ0n) is 14.0. The van der Waals surface area contributed by atoms with E-state index in [1.165, 1.54) is 24.8 Å². The van der Waals surface area contributed by atoms with Crippen LogP contribution in [0.3, 0.4) is 0 Å². The predicted octanol–water partition coefficient (Wildman–Crippen LogP) is 3.66.